The number of anilines is 1. The molecule has 1 aromatic rings. The fraction of sp³-hybridized carbons (Fsp3) is 0.462. The number of halogens is 1. The van der Waals surface area contributed by atoms with Crippen LogP contribution in [0.2, 0.25) is 5.02 Å². The van der Waals surface area contributed by atoms with Gasteiger partial charge in [0.2, 0.25) is 0 Å². The summed E-state index contributed by atoms with van der Waals surface area (Å²) in [5.41, 5.74) is 1.47. The Morgan fingerprint density at radius 3 is 2.62 bits per heavy atom. The van der Waals surface area contributed by atoms with Crippen LogP contribution >= 0.6 is 11.6 Å². The highest BCUT2D eigenvalue weighted by atomic mass is 35.5. The average Bonchev–Trinajstić information content (AvgIpc) is 2.26. The van der Waals surface area contributed by atoms with Crippen molar-refractivity contribution >= 4 is 17.3 Å². The van der Waals surface area contributed by atoms with Crippen molar-refractivity contribution < 1.29 is 0 Å². The minimum atomic E-state index is 0.383. The van der Waals surface area contributed by atoms with E-state index in [0.717, 1.165) is 12.1 Å². The molecule has 0 bridgehead atoms. The maximum absolute atomic E-state index is 9.02. The van der Waals surface area contributed by atoms with E-state index in [9.17, 15) is 0 Å². The number of rotatable bonds is 4. The number of nitrogens with zero attached hydrogens (tertiary/aromatic N) is 1. The van der Waals surface area contributed by atoms with Crippen molar-refractivity contribution in [2.45, 2.75) is 33.2 Å². The van der Waals surface area contributed by atoms with Gasteiger partial charge in [-0.1, -0.05) is 32.4 Å². The van der Waals surface area contributed by atoms with Crippen LogP contribution in [0.5, 0.6) is 0 Å². The van der Waals surface area contributed by atoms with Crippen molar-refractivity contribution in [2.75, 3.05) is 5.32 Å². The normalized spacial score (nSPS) is 12.2. The lowest BCUT2D eigenvalue weighted by atomic mass is 10.0. The third-order valence-electron chi connectivity index (χ3n) is 2.69. The van der Waals surface area contributed by atoms with Crippen LogP contribution < -0.4 is 5.32 Å². The summed E-state index contributed by atoms with van der Waals surface area (Å²) in [5, 5.41) is 13.0. The maximum Gasteiger partial charge on any atom is 0.101 e. The van der Waals surface area contributed by atoms with Gasteiger partial charge in [-0.25, -0.2) is 0 Å². The van der Waals surface area contributed by atoms with Gasteiger partial charge in [-0.2, -0.15) is 5.26 Å². The Bertz CT molecular complexity index is 393. The summed E-state index contributed by atoms with van der Waals surface area (Å²) in [6.07, 6.45) is 1.03. The summed E-state index contributed by atoms with van der Waals surface area (Å²) in [6, 6.07) is 7.90. The molecule has 0 saturated heterocycles. The monoisotopic (exact) mass is 236 g/mol. The van der Waals surface area contributed by atoms with Crippen molar-refractivity contribution in [1.82, 2.24) is 0 Å². The van der Waals surface area contributed by atoms with Gasteiger partial charge in [0.05, 0.1) is 11.3 Å². The fourth-order valence-electron chi connectivity index (χ4n) is 1.67. The molecular weight excluding hydrogens is 220 g/mol. The molecular formula is C13H17ClN2. The average molecular weight is 237 g/mol. The summed E-state index contributed by atoms with van der Waals surface area (Å²) >= 11 is 5.85. The van der Waals surface area contributed by atoms with Gasteiger partial charge in [-0.05, 0) is 30.5 Å². The number of nitrogens with one attached hydrogen (secondary N) is 1. The highest BCUT2D eigenvalue weighted by Crippen LogP contribution is 2.22. The van der Waals surface area contributed by atoms with E-state index in [4.69, 9.17) is 16.9 Å². The molecule has 1 rings (SSSR count). The largest absolute Gasteiger partial charge is 0.381 e. The SMILES string of the molecule is CCC(Nc1ccc(Cl)cc1C#N)C(C)C. The van der Waals surface area contributed by atoms with Crippen molar-refractivity contribution in [2.24, 2.45) is 5.92 Å². The Morgan fingerprint density at radius 1 is 1.44 bits per heavy atom. The Labute approximate surface area is 102 Å². The molecule has 0 spiro atoms. The molecule has 1 aromatic carbocycles. The van der Waals surface area contributed by atoms with Gasteiger partial charge in [0, 0.05) is 11.1 Å². The van der Waals surface area contributed by atoms with Crippen LogP contribution in [0, 0.1) is 17.2 Å². The Kier molecular flexibility index (Phi) is 4.64. The van der Waals surface area contributed by atoms with Crippen molar-refractivity contribution in [3.05, 3.63) is 28.8 Å². The van der Waals surface area contributed by atoms with Crippen LogP contribution in [0.1, 0.15) is 32.8 Å². The molecule has 1 atom stereocenters. The van der Waals surface area contributed by atoms with E-state index < -0.39 is 0 Å². The van der Waals surface area contributed by atoms with E-state index in [1.165, 1.54) is 0 Å². The topological polar surface area (TPSA) is 35.8 Å². The molecule has 0 aliphatic heterocycles. The second-order valence-corrected chi connectivity index (χ2v) is 4.64. The van der Waals surface area contributed by atoms with Gasteiger partial charge in [0.1, 0.15) is 6.07 Å². The van der Waals surface area contributed by atoms with Crippen LogP contribution in [0.25, 0.3) is 0 Å². The zero-order chi connectivity index (χ0) is 12.1. The Hall–Kier alpha value is -1.20. The molecule has 0 amide bonds. The van der Waals surface area contributed by atoms with E-state index in [1.54, 1.807) is 12.1 Å². The number of nitriles is 1. The molecule has 1 N–H and O–H groups in total. The first-order chi connectivity index (χ1) is 7.58. The minimum Gasteiger partial charge on any atom is -0.381 e. The van der Waals surface area contributed by atoms with Crippen molar-refractivity contribution in [3.8, 4) is 6.07 Å². The van der Waals surface area contributed by atoms with Gasteiger partial charge in [0.25, 0.3) is 0 Å². The molecule has 86 valence electrons. The third-order valence-corrected chi connectivity index (χ3v) is 2.92. The van der Waals surface area contributed by atoms with Crippen LogP contribution in [-0.4, -0.2) is 6.04 Å². The predicted molar refractivity (Wildman–Crippen MR) is 68.7 cm³/mol. The number of hydrogen-bond acceptors (Lipinski definition) is 2. The molecule has 0 fully saturated rings. The molecule has 0 aliphatic rings. The Balaban J connectivity index is 2.92. The van der Waals surface area contributed by atoms with Crippen molar-refractivity contribution in [3.63, 3.8) is 0 Å². The van der Waals surface area contributed by atoms with E-state index >= 15 is 0 Å². The molecule has 3 heteroatoms. The molecule has 0 radical (unpaired) electrons. The molecule has 1 unspecified atom stereocenters. The molecule has 0 saturated carbocycles. The lowest BCUT2D eigenvalue weighted by molar-refractivity contribution is 0.511. The first kappa shape index (κ1) is 12.9. The summed E-state index contributed by atoms with van der Waals surface area (Å²) in [4.78, 5) is 0. The summed E-state index contributed by atoms with van der Waals surface area (Å²) < 4.78 is 0. The molecule has 0 aliphatic carbocycles. The smallest absolute Gasteiger partial charge is 0.101 e. The lowest BCUT2D eigenvalue weighted by Crippen LogP contribution is -2.24. The number of hydrogen-bond donors (Lipinski definition) is 1. The van der Waals surface area contributed by atoms with E-state index in [-0.39, 0.29) is 0 Å². The molecule has 2 nitrogen and oxygen atoms in total. The standard InChI is InChI=1S/C13H17ClN2/c1-4-12(9(2)3)16-13-6-5-11(14)7-10(13)8-15/h5-7,9,12,16H,4H2,1-3H3. The zero-order valence-electron chi connectivity index (χ0n) is 9.92. The van der Waals surface area contributed by atoms with Crippen LogP contribution in [0.15, 0.2) is 18.2 Å². The third kappa shape index (κ3) is 3.15. The second kappa shape index (κ2) is 5.77. The summed E-state index contributed by atoms with van der Waals surface area (Å²) in [7, 11) is 0. The summed E-state index contributed by atoms with van der Waals surface area (Å²) in [6.45, 7) is 6.48. The van der Waals surface area contributed by atoms with E-state index in [2.05, 4.69) is 32.2 Å². The van der Waals surface area contributed by atoms with Crippen LogP contribution in [0.4, 0.5) is 5.69 Å². The maximum atomic E-state index is 9.02. The van der Waals surface area contributed by atoms with Gasteiger partial charge < -0.3 is 5.32 Å². The quantitative estimate of drug-likeness (QED) is 0.856. The zero-order valence-corrected chi connectivity index (χ0v) is 10.7. The first-order valence-electron chi connectivity index (χ1n) is 5.54. The predicted octanol–water partition coefficient (Wildman–Crippen LogP) is 4.06. The first-order valence-corrected chi connectivity index (χ1v) is 5.92. The van der Waals surface area contributed by atoms with Crippen LogP contribution in [0.3, 0.4) is 0 Å². The van der Waals surface area contributed by atoms with E-state index in [1.807, 2.05) is 6.07 Å². The molecule has 16 heavy (non-hydrogen) atoms. The van der Waals surface area contributed by atoms with Crippen molar-refractivity contribution in [1.29, 1.82) is 5.26 Å². The fourth-order valence-corrected chi connectivity index (χ4v) is 1.85. The molecule has 0 heterocycles. The highest BCUT2D eigenvalue weighted by molar-refractivity contribution is 6.30. The van der Waals surface area contributed by atoms with Gasteiger partial charge in [-0.3, -0.25) is 0 Å². The Morgan fingerprint density at radius 2 is 2.12 bits per heavy atom. The van der Waals surface area contributed by atoms with Gasteiger partial charge in [0.15, 0.2) is 0 Å². The molecule has 0 aromatic heterocycles. The lowest BCUT2D eigenvalue weighted by Gasteiger charge is -2.22. The number of benzene rings is 1. The van der Waals surface area contributed by atoms with Crippen LogP contribution in [-0.2, 0) is 0 Å². The van der Waals surface area contributed by atoms with Gasteiger partial charge >= 0.3 is 0 Å². The van der Waals surface area contributed by atoms with E-state index in [0.29, 0.717) is 22.5 Å². The highest BCUT2D eigenvalue weighted by Gasteiger charge is 2.12. The summed E-state index contributed by atoms with van der Waals surface area (Å²) in [5.74, 6) is 0.534. The second-order valence-electron chi connectivity index (χ2n) is 4.20. The minimum absolute atomic E-state index is 0.383. The van der Waals surface area contributed by atoms with Gasteiger partial charge in [-0.15, -0.1) is 0 Å².